The molecule has 0 fully saturated rings. The minimum Gasteiger partial charge on any atom is -0.453 e. The molecule has 0 radical (unpaired) electrons. The lowest BCUT2D eigenvalue weighted by atomic mass is 9.96. The van der Waals surface area contributed by atoms with E-state index in [4.69, 9.17) is 10.5 Å². The molecule has 0 aliphatic rings. The van der Waals surface area contributed by atoms with Crippen LogP contribution in [-0.4, -0.2) is 47.0 Å². The Kier molecular flexibility index (Phi) is 7.90. The predicted molar refractivity (Wildman–Crippen MR) is 111 cm³/mol. The Morgan fingerprint density at radius 3 is 2.21 bits per heavy atom. The van der Waals surface area contributed by atoms with Crippen LogP contribution in [0, 0.1) is 0 Å². The SMILES string of the molecule is COC(=O)N([C@@H](CO)c1ccccc1)[C@@](C)(CSCc1ccccc1)C(N)=O. The summed E-state index contributed by atoms with van der Waals surface area (Å²) in [7, 11) is 1.24. The molecule has 0 aliphatic carbocycles. The zero-order chi connectivity index (χ0) is 20.6. The number of nitrogens with two attached hydrogens (primary N) is 1. The third kappa shape index (κ3) is 5.05. The first-order chi connectivity index (χ1) is 13.4. The molecule has 3 N–H and O–H groups in total. The Labute approximate surface area is 169 Å². The number of primary amides is 1. The van der Waals surface area contributed by atoms with Crippen molar-refractivity contribution in [2.24, 2.45) is 5.73 Å². The van der Waals surface area contributed by atoms with Gasteiger partial charge >= 0.3 is 6.09 Å². The zero-order valence-corrected chi connectivity index (χ0v) is 16.9. The fourth-order valence-corrected chi connectivity index (χ4v) is 4.19. The van der Waals surface area contributed by atoms with Crippen LogP contribution in [0.15, 0.2) is 60.7 Å². The highest BCUT2D eigenvalue weighted by molar-refractivity contribution is 7.98. The van der Waals surface area contributed by atoms with Crippen LogP contribution in [0.4, 0.5) is 4.79 Å². The highest BCUT2D eigenvalue weighted by Gasteiger charge is 2.45. The summed E-state index contributed by atoms with van der Waals surface area (Å²) in [5.41, 5.74) is 6.17. The average molecular weight is 403 g/mol. The van der Waals surface area contributed by atoms with Crippen LogP contribution in [0.25, 0.3) is 0 Å². The van der Waals surface area contributed by atoms with Gasteiger partial charge in [0.25, 0.3) is 0 Å². The number of ether oxygens (including phenoxy) is 1. The largest absolute Gasteiger partial charge is 0.453 e. The van der Waals surface area contributed by atoms with Crippen LogP contribution < -0.4 is 5.73 Å². The Bertz CT molecular complexity index is 772. The zero-order valence-electron chi connectivity index (χ0n) is 16.1. The van der Waals surface area contributed by atoms with Gasteiger partial charge in [-0.1, -0.05) is 60.7 Å². The second kappa shape index (κ2) is 10.1. The number of thioether (sulfide) groups is 1. The summed E-state index contributed by atoms with van der Waals surface area (Å²) in [6.07, 6.45) is -0.718. The van der Waals surface area contributed by atoms with Gasteiger partial charge in [-0.15, -0.1) is 0 Å². The van der Waals surface area contributed by atoms with Crippen molar-refractivity contribution in [1.82, 2.24) is 4.90 Å². The molecule has 0 aliphatic heterocycles. The maximum atomic E-state index is 12.6. The Hall–Kier alpha value is -2.51. The van der Waals surface area contributed by atoms with Gasteiger partial charge in [0, 0.05) is 11.5 Å². The lowest BCUT2D eigenvalue weighted by Gasteiger charge is -2.42. The standard InChI is InChI=1S/C21H26N2O4S/c1-21(19(22)25,15-28-14-16-9-5-3-6-10-16)23(20(26)27-2)18(13-24)17-11-7-4-8-12-17/h3-12,18,24H,13-15H2,1-2H3,(H2,22,25)/t18-,21-/m0/s1. The number of benzene rings is 2. The van der Waals surface area contributed by atoms with Crippen LogP contribution in [-0.2, 0) is 15.3 Å². The lowest BCUT2D eigenvalue weighted by molar-refractivity contribution is -0.129. The van der Waals surface area contributed by atoms with Crippen molar-refractivity contribution in [2.75, 3.05) is 19.5 Å². The molecule has 0 aromatic heterocycles. The summed E-state index contributed by atoms with van der Waals surface area (Å²) in [5.74, 6) is 0.261. The van der Waals surface area contributed by atoms with Gasteiger partial charge in [-0.05, 0) is 18.1 Å². The third-order valence-corrected chi connectivity index (χ3v) is 5.90. The van der Waals surface area contributed by atoms with E-state index in [-0.39, 0.29) is 12.4 Å². The second-order valence-electron chi connectivity index (χ2n) is 6.57. The molecule has 150 valence electrons. The van der Waals surface area contributed by atoms with Gasteiger partial charge in [0.05, 0.1) is 19.8 Å². The van der Waals surface area contributed by atoms with Crippen LogP contribution in [0.3, 0.4) is 0 Å². The molecule has 28 heavy (non-hydrogen) atoms. The maximum Gasteiger partial charge on any atom is 0.411 e. The second-order valence-corrected chi connectivity index (χ2v) is 7.55. The number of nitrogens with zero attached hydrogens (tertiary/aromatic N) is 1. The fraction of sp³-hybridized carbons (Fsp3) is 0.333. The monoisotopic (exact) mass is 402 g/mol. The number of methoxy groups -OCH3 is 1. The number of carbonyl (C=O) groups is 2. The van der Waals surface area contributed by atoms with Crippen molar-refractivity contribution in [3.05, 3.63) is 71.8 Å². The molecule has 0 unspecified atom stereocenters. The number of amides is 2. The number of rotatable bonds is 9. The van der Waals surface area contributed by atoms with Gasteiger partial charge in [0.1, 0.15) is 5.54 Å². The van der Waals surface area contributed by atoms with Crippen molar-refractivity contribution in [1.29, 1.82) is 0 Å². The van der Waals surface area contributed by atoms with E-state index in [1.165, 1.54) is 23.8 Å². The third-order valence-electron chi connectivity index (χ3n) is 4.60. The van der Waals surface area contributed by atoms with Gasteiger partial charge in [0.2, 0.25) is 5.91 Å². The first kappa shape index (κ1) is 21.8. The summed E-state index contributed by atoms with van der Waals surface area (Å²) >= 11 is 1.49. The van der Waals surface area contributed by atoms with Crippen LogP contribution in [0.2, 0.25) is 0 Å². The first-order valence-electron chi connectivity index (χ1n) is 8.88. The van der Waals surface area contributed by atoms with Gasteiger partial charge in [-0.25, -0.2) is 4.79 Å². The van der Waals surface area contributed by atoms with Gasteiger partial charge in [0.15, 0.2) is 0 Å². The molecule has 2 rings (SSSR count). The van der Waals surface area contributed by atoms with Crippen LogP contribution in [0.5, 0.6) is 0 Å². The smallest absolute Gasteiger partial charge is 0.411 e. The van der Waals surface area contributed by atoms with E-state index in [9.17, 15) is 14.7 Å². The molecule has 2 amide bonds. The predicted octanol–water partition coefficient (Wildman–Crippen LogP) is 2.97. The van der Waals surface area contributed by atoms with Crippen LogP contribution in [0.1, 0.15) is 24.1 Å². The minimum absolute atomic E-state index is 0.260. The van der Waals surface area contributed by atoms with Crippen molar-refractivity contribution in [2.45, 2.75) is 24.3 Å². The molecule has 0 heterocycles. The molecule has 0 spiro atoms. The first-order valence-corrected chi connectivity index (χ1v) is 10.0. The molecule has 0 saturated carbocycles. The van der Waals surface area contributed by atoms with Gasteiger partial charge in [-0.2, -0.15) is 11.8 Å². The molecular formula is C21H26N2O4S. The van der Waals surface area contributed by atoms with E-state index in [0.717, 1.165) is 5.56 Å². The van der Waals surface area contributed by atoms with Gasteiger partial charge < -0.3 is 15.6 Å². The summed E-state index contributed by atoms with van der Waals surface area (Å²) in [4.78, 5) is 26.4. The Morgan fingerprint density at radius 2 is 1.71 bits per heavy atom. The quantitative estimate of drug-likeness (QED) is 0.673. The molecule has 2 aromatic rings. The number of hydrogen-bond acceptors (Lipinski definition) is 5. The average Bonchev–Trinajstić information content (AvgIpc) is 2.72. The Morgan fingerprint density at radius 1 is 1.14 bits per heavy atom. The number of carbonyl (C=O) groups excluding carboxylic acids is 2. The maximum absolute atomic E-state index is 12.6. The molecule has 2 aromatic carbocycles. The topological polar surface area (TPSA) is 92.9 Å². The van der Waals surface area contributed by atoms with Crippen molar-refractivity contribution < 1.29 is 19.4 Å². The molecular weight excluding hydrogens is 376 g/mol. The number of aliphatic hydroxyl groups excluding tert-OH is 1. The molecule has 0 saturated heterocycles. The molecule has 7 heteroatoms. The van der Waals surface area contributed by atoms with E-state index in [1.807, 2.05) is 36.4 Å². The van der Waals surface area contributed by atoms with E-state index in [0.29, 0.717) is 11.3 Å². The van der Waals surface area contributed by atoms with Crippen LogP contribution >= 0.6 is 11.8 Å². The highest BCUT2D eigenvalue weighted by Crippen LogP contribution is 2.32. The number of hydrogen-bond donors (Lipinski definition) is 2. The summed E-state index contributed by atoms with van der Waals surface area (Å²) in [5, 5.41) is 10.0. The van der Waals surface area contributed by atoms with Crippen molar-refractivity contribution >= 4 is 23.8 Å². The number of aliphatic hydroxyl groups is 1. The minimum atomic E-state index is -1.35. The molecule has 2 atom stereocenters. The van der Waals surface area contributed by atoms with Crippen molar-refractivity contribution in [3.8, 4) is 0 Å². The normalized spacial score (nSPS) is 14.0. The van der Waals surface area contributed by atoms with Gasteiger partial charge in [-0.3, -0.25) is 9.69 Å². The summed E-state index contributed by atoms with van der Waals surface area (Å²) in [6.45, 7) is 1.24. The Balaban J connectivity index is 2.32. The molecule has 0 bridgehead atoms. The lowest BCUT2D eigenvalue weighted by Crippen LogP contribution is -2.61. The summed E-state index contributed by atoms with van der Waals surface area (Å²) in [6, 6.07) is 18.1. The van der Waals surface area contributed by atoms with E-state index < -0.39 is 23.6 Å². The fourth-order valence-electron chi connectivity index (χ4n) is 2.98. The van der Waals surface area contributed by atoms with Crippen molar-refractivity contribution in [3.63, 3.8) is 0 Å². The van der Waals surface area contributed by atoms with E-state index in [2.05, 4.69) is 0 Å². The summed E-state index contributed by atoms with van der Waals surface area (Å²) < 4.78 is 4.94. The van der Waals surface area contributed by atoms with E-state index >= 15 is 0 Å². The highest BCUT2D eigenvalue weighted by atomic mass is 32.2. The molecule has 6 nitrogen and oxygen atoms in total. The van der Waals surface area contributed by atoms with E-state index in [1.54, 1.807) is 31.2 Å².